The number of nitrogens with zero attached hydrogens (tertiary/aromatic N) is 2. The molecule has 3 aliphatic rings. The first kappa shape index (κ1) is 21.0. The van der Waals surface area contributed by atoms with Crippen LogP contribution in [-0.4, -0.2) is 60.6 Å². The first-order valence-corrected chi connectivity index (χ1v) is 11.5. The van der Waals surface area contributed by atoms with Gasteiger partial charge in [-0.1, -0.05) is 37.5 Å². The lowest BCUT2D eigenvalue weighted by Crippen LogP contribution is -2.55. The largest absolute Gasteiger partial charge is 0.487 e. The number of likely N-dealkylation sites (tertiary alicyclic amines) is 1. The van der Waals surface area contributed by atoms with Gasteiger partial charge in [-0.25, -0.2) is 4.79 Å². The Bertz CT molecular complexity index is 765. The van der Waals surface area contributed by atoms with Crippen molar-refractivity contribution in [2.75, 3.05) is 27.2 Å². The minimum Gasteiger partial charge on any atom is -0.487 e. The number of amides is 3. The van der Waals surface area contributed by atoms with Crippen LogP contribution >= 0.6 is 0 Å². The van der Waals surface area contributed by atoms with Crippen molar-refractivity contribution in [3.63, 3.8) is 0 Å². The van der Waals surface area contributed by atoms with Gasteiger partial charge >= 0.3 is 6.03 Å². The van der Waals surface area contributed by atoms with E-state index in [0.29, 0.717) is 25.6 Å². The Morgan fingerprint density at radius 2 is 1.83 bits per heavy atom. The monoisotopic (exact) mass is 413 g/mol. The minimum absolute atomic E-state index is 0.0762. The summed E-state index contributed by atoms with van der Waals surface area (Å²) in [5.74, 6) is 1.21. The van der Waals surface area contributed by atoms with Crippen molar-refractivity contribution in [2.24, 2.45) is 0 Å². The van der Waals surface area contributed by atoms with Crippen LogP contribution in [0.4, 0.5) is 4.79 Å². The highest BCUT2D eigenvalue weighted by atomic mass is 16.5. The molecule has 1 aromatic carbocycles. The molecule has 0 aromatic heterocycles. The molecule has 2 heterocycles. The van der Waals surface area contributed by atoms with Crippen LogP contribution in [0.5, 0.6) is 5.75 Å². The molecule has 1 N–H and O–H groups in total. The lowest BCUT2D eigenvalue weighted by Gasteiger charge is -2.47. The van der Waals surface area contributed by atoms with Gasteiger partial charge in [0.15, 0.2) is 0 Å². The third-order valence-electron chi connectivity index (χ3n) is 7.12. The van der Waals surface area contributed by atoms with Crippen LogP contribution in [-0.2, 0) is 4.79 Å². The molecule has 1 spiro atoms. The first-order valence-electron chi connectivity index (χ1n) is 11.5. The predicted molar refractivity (Wildman–Crippen MR) is 117 cm³/mol. The highest BCUT2D eigenvalue weighted by Crippen LogP contribution is 2.46. The number of carbonyl (C=O) groups is 2. The smallest absolute Gasteiger partial charge is 0.317 e. The lowest BCUT2D eigenvalue weighted by atomic mass is 9.76. The maximum atomic E-state index is 12.7. The second-order valence-electron chi connectivity index (χ2n) is 9.49. The average molecular weight is 414 g/mol. The predicted octanol–water partition coefficient (Wildman–Crippen LogP) is 3.91. The molecule has 164 valence electrons. The van der Waals surface area contributed by atoms with Crippen LogP contribution in [0.25, 0.3) is 0 Å². The maximum Gasteiger partial charge on any atom is 0.317 e. The number of piperidine rings is 1. The van der Waals surface area contributed by atoms with Crippen LogP contribution in [0.2, 0.25) is 0 Å². The molecule has 6 heteroatoms. The van der Waals surface area contributed by atoms with E-state index in [-0.39, 0.29) is 23.5 Å². The van der Waals surface area contributed by atoms with E-state index >= 15 is 0 Å². The molecule has 3 amide bonds. The molecule has 0 bridgehead atoms. The van der Waals surface area contributed by atoms with Gasteiger partial charge in [-0.15, -0.1) is 0 Å². The van der Waals surface area contributed by atoms with Crippen LogP contribution < -0.4 is 10.1 Å². The Balaban J connectivity index is 1.41. The van der Waals surface area contributed by atoms with E-state index in [0.717, 1.165) is 43.4 Å². The summed E-state index contributed by atoms with van der Waals surface area (Å²) < 4.78 is 6.53. The number of fused-ring (bicyclic) bond motifs is 1. The molecular formula is C24H35N3O3. The van der Waals surface area contributed by atoms with Gasteiger partial charge in [0.1, 0.15) is 11.4 Å². The fourth-order valence-electron chi connectivity index (χ4n) is 5.26. The fraction of sp³-hybridized carbons (Fsp3) is 0.667. The molecular weight excluding hydrogens is 378 g/mol. The van der Waals surface area contributed by atoms with Gasteiger partial charge in [0, 0.05) is 58.4 Å². The number of para-hydroxylation sites is 1. The number of nitrogens with one attached hydrogen (secondary N) is 1. The molecule has 0 radical (unpaired) electrons. The highest BCUT2D eigenvalue weighted by Gasteiger charge is 2.44. The average Bonchev–Trinajstić information content (AvgIpc) is 2.75. The van der Waals surface area contributed by atoms with Gasteiger partial charge < -0.3 is 19.9 Å². The van der Waals surface area contributed by atoms with Gasteiger partial charge in [-0.2, -0.15) is 0 Å². The summed E-state index contributed by atoms with van der Waals surface area (Å²) in [7, 11) is 3.62. The Kier molecular flexibility index (Phi) is 6.21. The van der Waals surface area contributed by atoms with E-state index in [1.165, 1.54) is 19.3 Å². The molecule has 4 rings (SSSR count). The van der Waals surface area contributed by atoms with Crippen molar-refractivity contribution in [3.8, 4) is 5.75 Å². The van der Waals surface area contributed by atoms with E-state index in [2.05, 4.69) is 11.4 Å². The number of urea groups is 1. The second-order valence-corrected chi connectivity index (χ2v) is 9.49. The van der Waals surface area contributed by atoms with Gasteiger partial charge in [0.25, 0.3) is 0 Å². The summed E-state index contributed by atoms with van der Waals surface area (Å²) in [6, 6.07) is 8.53. The van der Waals surface area contributed by atoms with Crippen molar-refractivity contribution >= 4 is 11.9 Å². The molecule has 2 aliphatic heterocycles. The molecule has 1 atom stereocenters. The normalized spacial score (nSPS) is 23.4. The topological polar surface area (TPSA) is 61.9 Å². The van der Waals surface area contributed by atoms with E-state index in [1.54, 1.807) is 4.90 Å². The van der Waals surface area contributed by atoms with Gasteiger partial charge in [0.05, 0.1) is 0 Å². The van der Waals surface area contributed by atoms with Crippen LogP contribution in [0.1, 0.15) is 69.3 Å². The lowest BCUT2D eigenvalue weighted by molar-refractivity contribution is -0.129. The third-order valence-corrected chi connectivity index (χ3v) is 7.12. The van der Waals surface area contributed by atoms with Crippen molar-refractivity contribution in [1.29, 1.82) is 0 Å². The Morgan fingerprint density at radius 3 is 2.53 bits per heavy atom. The maximum absolute atomic E-state index is 12.7. The summed E-state index contributed by atoms with van der Waals surface area (Å²) in [5.41, 5.74) is 0.851. The quantitative estimate of drug-likeness (QED) is 0.817. The summed E-state index contributed by atoms with van der Waals surface area (Å²) in [5, 5.41) is 3.24. The van der Waals surface area contributed by atoms with Gasteiger partial charge in [-0.05, 0) is 30.9 Å². The summed E-state index contributed by atoms with van der Waals surface area (Å²) in [6.07, 6.45) is 8.88. The molecule has 1 aliphatic carbocycles. The molecule has 0 unspecified atom stereocenters. The summed E-state index contributed by atoms with van der Waals surface area (Å²) in [6.45, 7) is 1.41. The Morgan fingerprint density at radius 1 is 1.13 bits per heavy atom. The van der Waals surface area contributed by atoms with E-state index in [1.807, 2.05) is 37.2 Å². The second kappa shape index (κ2) is 8.86. The molecule has 6 nitrogen and oxygen atoms in total. The van der Waals surface area contributed by atoms with E-state index in [4.69, 9.17) is 4.74 Å². The zero-order valence-corrected chi connectivity index (χ0v) is 18.4. The number of carbonyl (C=O) groups excluding carboxylic acids is 2. The van der Waals surface area contributed by atoms with Crippen molar-refractivity contribution < 1.29 is 14.3 Å². The van der Waals surface area contributed by atoms with Gasteiger partial charge in [-0.3, -0.25) is 4.79 Å². The number of hydrogen-bond donors (Lipinski definition) is 1. The molecule has 30 heavy (non-hydrogen) atoms. The van der Waals surface area contributed by atoms with Gasteiger partial charge in [0.2, 0.25) is 5.91 Å². The van der Waals surface area contributed by atoms with Crippen molar-refractivity contribution in [3.05, 3.63) is 29.8 Å². The zero-order valence-electron chi connectivity index (χ0n) is 18.4. The van der Waals surface area contributed by atoms with Crippen LogP contribution in [0, 0.1) is 0 Å². The number of benzene rings is 1. The van der Waals surface area contributed by atoms with E-state index in [9.17, 15) is 9.59 Å². The standard InChI is InChI=1S/C24H35N3O3/c1-26(2)22(28)16-18-17-24(30-21-11-7-6-10-20(18)21)12-14-27(15-13-24)23(29)25-19-8-4-3-5-9-19/h6-7,10-11,18-19H,3-5,8-9,12-17H2,1-2H3,(H,25,29)/t18-/m1/s1. The fourth-order valence-corrected chi connectivity index (χ4v) is 5.26. The molecule has 1 aromatic rings. The number of hydrogen-bond acceptors (Lipinski definition) is 3. The number of rotatable bonds is 3. The first-order chi connectivity index (χ1) is 14.5. The zero-order chi connectivity index (χ0) is 21.1. The Labute approximate surface area is 179 Å². The van der Waals surface area contributed by atoms with Crippen LogP contribution in [0.15, 0.2) is 24.3 Å². The summed E-state index contributed by atoms with van der Waals surface area (Å²) >= 11 is 0. The summed E-state index contributed by atoms with van der Waals surface area (Å²) in [4.78, 5) is 28.8. The van der Waals surface area contributed by atoms with Crippen LogP contribution in [0.3, 0.4) is 0 Å². The molecule has 1 saturated carbocycles. The molecule has 2 fully saturated rings. The highest BCUT2D eigenvalue weighted by molar-refractivity contribution is 5.77. The number of ether oxygens (including phenoxy) is 1. The molecule has 1 saturated heterocycles. The van der Waals surface area contributed by atoms with E-state index < -0.39 is 0 Å². The minimum atomic E-state index is -0.284. The Hall–Kier alpha value is -2.24. The van der Waals surface area contributed by atoms with Crippen molar-refractivity contribution in [1.82, 2.24) is 15.1 Å². The third kappa shape index (κ3) is 4.57. The SMILES string of the molecule is CN(C)C(=O)C[C@@H]1CC2(CCN(C(=O)NC3CCCCC3)CC2)Oc2ccccc21. The van der Waals surface area contributed by atoms with Crippen molar-refractivity contribution in [2.45, 2.75) is 75.3 Å².